The van der Waals surface area contributed by atoms with Crippen molar-refractivity contribution in [3.63, 3.8) is 0 Å². The lowest BCUT2D eigenvalue weighted by molar-refractivity contribution is -0.385. The second-order valence-corrected chi connectivity index (χ2v) is 7.43. The van der Waals surface area contributed by atoms with Crippen molar-refractivity contribution in [1.82, 2.24) is 5.32 Å². The predicted octanol–water partition coefficient (Wildman–Crippen LogP) is 4.54. The van der Waals surface area contributed by atoms with Gasteiger partial charge in [0, 0.05) is 12.1 Å². The number of carbonyl (C=O) groups excluding carboxylic acids is 1. The number of aryl methyl sites for hydroxylation is 1. The van der Waals surface area contributed by atoms with Crippen LogP contribution in [-0.4, -0.2) is 36.7 Å². The molecule has 0 fully saturated rings. The van der Waals surface area contributed by atoms with Gasteiger partial charge in [0.2, 0.25) is 0 Å². The highest BCUT2D eigenvalue weighted by molar-refractivity contribution is 5.99. The molecule has 8 heteroatoms. The average Bonchev–Trinajstić information content (AvgIpc) is 2.72. The molecule has 1 atom stereocenters. The van der Waals surface area contributed by atoms with Crippen LogP contribution in [0.5, 0.6) is 17.2 Å². The molecular weight excluding hydrogens is 400 g/mol. The lowest BCUT2D eigenvalue weighted by atomic mass is 10.1. The summed E-state index contributed by atoms with van der Waals surface area (Å²) in [6.07, 6.45) is 1.54. The highest BCUT2D eigenvalue weighted by atomic mass is 16.6. The molecule has 0 aliphatic rings. The third-order valence-electron chi connectivity index (χ3n) is 4.56. The van der Waals surface area contributed by atoms with Crippen LogP contribution in [0.2, 0.25) is 0 Å². The van der Waals surface area contributed by atoms with Crippen LogP contribution in [0.3, 0.4) is 0 Å². The minimum Gasteiger partial charge on any atom is -0.493 e. The van der Waals surface area contributed by atoms with Gasteiger partial charge in [-0.1, -0.05) is 12.1 Å². The molecule has 8 nitrogen and oxygen atoms in total. The van der Waals surface area contributed by atoms with Crippen LogP contribution in [0.15, 0.2) is 36.4 Å². The number of rotatable bonds is 11. The Balaban J connectivity index is 2.05. The molecular formula is C23H30N2O6. The summed E-state index contributed by atoms with van der Waals surface area (Å²) in [7, 11) is 1.42. The van der Waals surface area contributed by atoms with E-state index in [4.69, 9.17) is 14.2 Å². The Labute approximate surface area is 182 Å². The van der Waals surface area contributed by atoms with Gasteiger partial charge in [-0.15, -0.1) is 0 Å². The molecule has 2 aromatic rings. The molecule has 2 rings (SSSR count). The third-order valence-corrected chi connectivity index (χ3v) is 4.56. The van der Waals surface area contributed by atoms with Crippen LogP contribution in [-0.2, 0) is 6.42 Å². The van der Waals surface area contributed by atoms with E-state index in [2.05, 4.69) is 5.32 Å². The number of nitro benzene ring substituents is 1. The molecule has 0 saturated carbocycles. The molecule has 0 saturated heterocycles. The first-order valence-corrected chi connectivity index (χ1v) is 10.3. The van der Waals surface area contributed by atoms with E-state index in [1.54, 1.807) is 6.92 Å². The average molecular weight is 431 g/mol. The topological polar surface area (TPSA) is 99.9 Å². The Bertz CT molecular complexity index is 896. The summed E-state index contributed by atoms with van der Waals surface area (Å²) in [5.41, 5.74) is 0.730. The number of methoxy groups -OCH3 is 1. The monoisotopic (exact) mass is 430 g/mol. The Kier molecular flexibility index (Phi) is 8.66. The number of carbonyl (C=O) groups is 1. The molecule has 168 valence electrons. The van der Waals surface area contributed by atoms with Crippen LogP contribution in [0.25, 0.3) is 0 Å². The molecule has 1 amide bonds. The summed E-state index contributed by atoms with van der Waals surface area (Å²) in [5.74, 6) is 0.790. The van der Waals surface area contributed by atoms with E-state index in [1.807, 2.05) is 45.0 Å². The summed E-state index contributed by atoms with van der Waals surface area (Å²) < 4.78 is 16.2. The maximum atomic E-state index is 12.7. The first kappa shape index (κ1) is 24.0. The second kappa shape index (κ2) is 11.2. The minimum absolute atomic E-state index is 0.0626. The van der Waals surface area contributed by atoms with Crippen molar-refractivity contribution in [3.05, 3.63) is 57.6 Å². The summed E-state index contributed by atoms with van der Waals surface area (Å²) in [6.45, 7) is 7.90. The number of benzene rings is 2. The number of ether oxygens (including phenoxy) is 3. The van der Waals surface area contributed by atoms with Crippen molar-refractivity contribution < 1.29 is 23.9 Å². The van der Waals surface area contributed by atoms with Gasteiger partial charge in [0.25, 0.3) is 11.6 Å². The molecule has 1 N–H and O–H groups in total. The maximum Gasteiger partial charge on any atom is 0.286 e. The summed E-state index contributed by atoms with van der Waals surface area (Å²) >= 11 is 0. The SMILES string of the molecule is CCOc1cc([N+](=O)[O-])c(C(=O)NC(C)CCc2ccc(OC(C)C)cc2)cc1OC. The molecule has 0 heterocycles. The number of nitrogens with one attached hydrogen (secondary N) is 1. The Hall–Kier alpha value is -3.29. The summed E-state index contributed by atoms with van der Waals surface area (Å²) in [6, 6.07) is 10.2. The highest BCUT2D eigenvalue weighted by Gasteiger charge is 2.25. The zero-order valence-corrected chi connectivity index (χ0v) is 18.6. The number of hydrogen-bond donors (Lipinski definition) is 1. The summed E-state index contributed by atoms with van der Waals surface area (Å²) in [5, 5.41) is 14.3. The largest absolute Gasteiger partial charge is 0.493 e. The fourth-order valence-electron chi connectivity index (χ4n) is 3.07. The smallest absolute Gasteiger partial charge is 0.286 e. The fraction of sp³-hybridized carbons (Fsp3) is 0.435. The maximum absolute atomic E-state index is 12.7. The van der Waals surface area contributed by atoms with E-state index in [9.17, 15) is 14.9 Å². The number of hydrogen-bond acceptors (Lipinski definition) is 6. The Morgan fingerprint density at radius 2 is 1.81 bits per heavy atom. The van der Waals surface area contributed by atoms with Gasteiger partial charge in [-0.25, -0.2) is 0 Å². The Morgan fingerprint density at radius 3 is 2.35 bits per heavy atom. The van der Waals surface area contributed by atoms with Crippen molar-refractivity contribution in [2.75, 3.05) is 13.7 Å². The van der Waals surface area contributed by atoms with Crippen LogP contribution in [0, 0.1) is 10.1 Å². The zero-order chi connectivity index (χ0) is 23.0. The van der Waals surface area contributed by atoms with Gasteiger partial charge in [-0.05, 0) is 58.2 Å². The van der Waals surface area contributed by atoms with Crippen LogP contribution in [0.1, 0.15) is 50.0 Å². The third kappa shape index (κ3) is 6.87. The molecule has 31 heavy (non-hydrogen) atoms. The normalized spacial score (nSPS) is 11.7. The van der Waals surface area contributed by atoms with E-state index in [-0.39, 0.29) is 34.9 Å². The first-order valence-electron chi connectivity index (χ1n) is 10.3. The van der Waals surface area contributed by atoms with Crippen molar-refractivity contribution >= 4 is 11.6 Å². The second-order valence-electron chi connectivity index (χ2n) is 7.43. The lowest BCUT2D eigenvalue weighted by Crippen LogP contribution is -2.33. The van der Waals surface area contributed by atoms with Crippen molar-refractivity contribution in [2.45, 2.75) is 52.7 Å². The number of amides is 1. The number of nitro groups is 1. The fourth-order valence-corrected chi connectivity index (χ4v) is 3.07. The first-order chi connectivity index (χ1) is 14.7. The van der Waals surface area contributed by atoms with Gasteiger partial charge in [0.15, 0.2) is 11.5 Å². The molecule has 0 aliphatic carbocycles. The van der Waals surface area contributed by atoms with Gasteiger partial charge in [0.05, 0.1) is 30.8 Å². The Morgan fingerprint density at radius 1 is 1.13 bits per heavy atom. The minimum atomic E-state index is -0.595. The molecule has 0 aliphatic heterocycles. The van der Waals surface area contributed by atoms with Crippen LogP contribution in [0.4, 0.5) is 5.69 Å². The number of nitrogens with zero attached hydrogens (tertiary/aromatic N) is 1. The molecule has 0 bridgehead atoms. The molecule has 0 spiro atoms. The van der Waals surface area contributed by atoms with Gasteiger partial charge < -0.3 is 19.5 Å². The van der Waals surface area contributed by atoms with Gasteiger partial charge >= 0.3 is 0 Å². The van der Waals surface area contributed by atoms with Crippen LogP contribution >= 0.6 is 0 Å². The van der Waals surface area contributed by atoms with Crippen molar-refractivity contribution in [2.24, 2.45) is 0 Å². The molecule has 0 aromatic heterocycles. The molecule has 0 radical (unpaired) electrons. The summed E-state index contributed by atoms with van der Waals surface area (Å²) in [4.78, 5) is 23.6. The van der Waals surface area contributed by atoms with Gasteiger partial charge in [0.1, 0.15) is 11.3 Å². The highest BCUT2D eigenvalue weighted by Crippen LogP contribution is 2.34. The lowest BCUT2D eigenvalue weighted by Gasteiger charge is -2.16. The van der Waals surface area contributed by atoms with E-state index in [0.717, 1.165) is 17.7 Å². The quantitative estimate of drug-likeness (QED) is 0.415. The van der Waals surface area contributed by atoms with E-state index >= 15 is 0 Å². The van der Waals surface area contributed by atoms with Crippen LogP contribution < -0.4 is 19.5 Å². The zero-order valence-electron chi connectivity index (χ0n) is 18.6. The van der Waals surface area contributed by atoms with E-state index in [0.29, 0.717) is 13.0 Å². The van der Waals surface area contributed by atoms with Crippen molar-refractivity contribution in [1.29, 1.82) is 0 Å². The molecule has 2 aromatic carbocycles. The molecule has 1 unspecified atom stereocenters. The van der Waals surface area contributed by atoms with E-state index < -0.39 is 10.8 Å². The van der Waals surface area contributed by atoms with E-state index in [1.165, 1.54) is 19.2 Å². The van der Waals surface area contributed by atoms with Crippen molar-refractivity contribution in [3.8, 4) is 17.2 Å². The standard InChI is InChI=1S/C23H30N2O6/c1-6-30-22-14-20(25(27)28)19(13-21(22)29-5)23(26)24-16(4)7-8-17-9-11-18(12-10-17)31-15(2)3/h9-16H,6-8H2,1-5H3,(H,24,26). The van der Waals surface area contributed by atoms with Gasteiger partial charge in [-0.3, -0.25) is 14.9 Å². The van der Waals surface area contributed by atoms with Gasteiger partial charge in [-0.2, -0.15) is 0 Å². The predicted molar refractivity (Wildman–Crippen MR) is 118 cm³/mol.